The van der Waals surface area contributed by atoms with Gasteiger partial charge in [-0.25, -0.2) is 0 Å². The molecule has 2 saturated heterocycles. The molecule has 2 unspecified atom stereocenters. The second kappa shape index (κ2) is 5.15. The fourth-order valence-corrected chi connectivity index (χ4v) is 2.93. The summed E-state index contributed by atoms with van der Waals surface area (Å²) in [7, 11) is 0. The second-order valence-electron chi connectivity index (χ2n) is 5.08. The van der Waals surface area contributed by atoms with Crippen LogP contribution in [0.4, 0.5) is 0 Å². The van der Waals surface area contributed by atoms with Crippen molar-refractivity contribution in [3.05, 3.63) is 0 Å². The molecule has 16 heavy (non-hydrogen) atoms. The zero-order valence-corrected chi connectivity index (χ0v) is 10.2. The highest BCUT2D eigenvalue weighted by Crippen LogP contribution is 2.24. The van der Waals surface area contributed by atoms with Crippen molar-refractivity contribution in [1.82, 2.24) is 9.80 Å². The van der Waals surface area contributed by atoms with Crippen molar-refractivity contribution in [2.75, 3.05) is 26.2 Å². The Kier molecular flexibility index (Phi) is 3.82. The van der Waals surface area contributed by atoms with E-state index in [1.807, 2.05) is 0 Å². The summed E-state index contributed by atoms with van der Waals surface area (Å²) < 4.78 is 0. The lowest BCUT2D eigenvalue weighted by Crippen LogP contribution is -2.56. The molecule has 92 valence electrons. The van der Waals surface area contributed by atoms with E-state index in [2.05, 4.69) is 16.7 Å². The van der Waals surface area contributed by atoms with Crippen molar-refractivity contribution in [2.24, 2.45) is 5.73 Å². The van der Waals surface area contributed by atoms with E-state index in [0.717, 1.165) is 19.5 Å². The lowest BCUT2D eigenvalue weighted by atomic mass is 10.1. The average molecular weight is 225 g/mol. The van der Waals surface area contributed by atoms with Crippen LogP contribution in [0.3, 0.4) is 0 Å². The fraction of sp³-hybridized carbons (Fsp3) is 0.917. The van der Waals surface area contributed by atoms with Crippen molar-refractivity contribution in [3.63, 3.8) is 0 Å². The monoisotopic (exact) mass is 225 g/mol. The number of piperazine rings is 1. The molecule has 2 N–H and O–H groups in total. The van der Waals surface area contributed by atoms with Gasteiger partial charge in [0.15, 0.2) is 0 Å². The quantitative estimate of drug-likeness (QED) is 0.757. The van der Waals surface area contributed by atoms with Gasteiger partial charge in [0.2, 0.25) is 5.91 Å². The van der Waals surface area contributed by atoms with Crippen LogP contribution < -0.4 is 5.73 Å². The van der Waals surface area contributed by atoms with Gasteiger partial charge in [0.1, 0.15) is 0 Å². The molecule has 2 heterocycles. The molecule has 2 atom stereocenters. The van der Waals surface area contributed by atoms with E-state index < -0.39 is 0 Å². The Hall–Kier alpha value is -0.610. The highest BCUT2D eigenvalue weighted by molar-refractivity contribution is 5.76. The first kappa shape index (κ1) is 11.9. The molecule has 0 aromatic rings. The summed E-state index contributed by atoms with van der Waals surface area (Å²) in [6.45, 7) is 5.99. The van der Waals surface area contributed by atoms with Crippen molar-refractivity contribution in [2.45, 2.75) is 44.7 Å². The maximum absolute atomic E-state index is 12.0. The minimum atomic E-state index is 0.296. The van der Waals surface area contributed by atoms with Crippen LogP contribution in [0.1, 0.15) is 32.6 Å². The van der Waals surface area contributed by atoms with Crippen LogP contribution in [0.5, 0.6) is 0 Å². The summed E-state index contributed by atoms with van der Waals surface area (Å²) in [5.74, 6) is 0.296. The van der Waals surface area contributed by atoms with Gasteiger partial charge < -0.3 is 10.6 Å². The highest BCUT2D eigenvalue weighted by atomic mass is 16.2. The third-order valence-corrected chi connectivity index (χ3v) is 3.85. The van der Waals surface area contributed by atoms with Crippen molar-refractivity contribution >= 4 is 5.91 Å². The molecule has 0 bridgehead atoms. The van der Waals surface area contributed by atoms with Gasteiger partial charge in [-0.3, -0.25) is 9.69 Å². The number of nitrogens with zero attached hydrogens (tertiary/aromatic N) is 2. The normalized spacial score (nSPS) is 30.5. The predicted molar refractivity (Wildman–Crippen MR) is 64.1 cm³/mol. The van der Waals surface area contributed by atoms with Crippen molar-refractivity contribution in [3.8, 4) is 0 Å². The zero-order valence-electron chi connectivity index (χ0n) is 10.2. The number of carbonyl (C=O) groups excluding carboxylic acids is 1. The molecule has 2 aliphatic rings. The number of amides is 1. The van der Waals surface area contributed by atoms with Gasteiger partial charge in [0.05, 0.1) is 0 Å². The maximum atomic E-state index is 12.0. The summed E-state index contributed by atoms with van der Waals surface area (Å²) in [6, 6.07) is 0.998. The molecule has 0 saturated carbocycles. The van der Waals surface area contributed by atoms with Gasteiger partial charge in [-0.2, -0.15) is 0 Å². The first-order valence-corrected chi connectivity index (χ1v) is 6.46. The van der Waals surface area contributed by atoms with Crippen LogP contribution >= 0.6 is 0 Å². The number of hydrogen-bond donors (Lipinski definition) is 1. The first-order chi connectivity index (χ1) is 7.72. The third kappa shape index (κ3) is 2.38. The van der Waals surface area contributed by atoms with E-state index in [1.165, 1.54) is 19.4 Å². The SMILES string of the molecule is CC1CN2CCCC2CN1C(=O)CCCN. The first-order valence-electron chi connectivity index (χ1n) is 6.46. The lowest BCUT2D eigenvalue weighted by molar-refractivity contribution is -0.136. The molecule has 0 radical (unpaired) electrons. The number of fused-ring (bicyclic) bond motifs is 1. The third-order valence-electron chi connectivity index (χ3n) is 3.85. The second-order valence-corrected chi connectivity index (χ2v) is 5.08. The summed E-state index contributed by atoms with van der Waals surface area (Å²) in [4.78, 5) is 16.6. The van der Waals surface area contributed by atoms with E-state index in [4.69, 9.17) is 5.73 Å². The van der Waals surface area contributed by atoms with E-state index in [9.17, 15) is 4.79 Å². The van der Waals surface area contributed by atoms with Crippen molar-refractivity contribution < 1.29 is 4.79 Å². The molecule has 4 heteroatoms. The Labute approximate surface area is 97.8 Å². The average Bonchev–Trinajstić information content (AvgIpc) is 2.71. The van der Waals surface area contributed by atoms with Gasteiger partial charge in [-0.1, -0.05) is 0 Å². The van der Waals surface area contributed by atoms with Crippen LogP contribution in [0, 0.1) is 0 Å². The Morgan fingerprint density at radius 1 is 1.44 bits per heavy atom. The van der Waals surface area contributed by atoms with Gasteiger partial charge in [-0.15, -0.1) is 0 Å². The molecule has 2 rings (SSSR count). The van der Waals surface area contributed by atoms with E-state index >= 15 is 0 Å². The van der Waals surface area contributed by atoms with Gasteiger partial charge >= 0.3 is 0 Å². The Morgan fingerprint density at radius 2 is 2.25 bits per heavy atom. The number of rotatable bonds is 3. The molecule has 4 nitrogen and oxygen atoms in total. The van der Waals surface area contributed by atoms with Gasteiger partial charge in [-0.05, 0) is 39.3 Å². The smallest absolute Gasteiger partial charge is 0.222 e. The molecule has 2 aliphatic heterocycles. The number of nitrogens with two attached hydrogens (primary N) is 1. The Bertz CT molecular complexity index is 257. The van der Waals surface area contributed by atoms with Crippen LogP contribution in [-0.4, -0.2) is 54.0 Å². The summed E-state index contributed by atoms with van der Waals surface area (Å²) in [5, 5.41) is 0. The lowest BCUT2D eigenvalue weighted by Gasteiger charge is -2.42. The molecule has 0 aromatic heterocycles. The molecular weight excluding hydrogens is 202 g/mol. The maximum Gasteiger partial charge on any atom is 0.222 e. The molecule has 0 aromatic carbocycles. The molecule has 1 amide bonds. The molecular formula is C12H23N3O. The topological polar surface area (TPSA) is 49.6 Å². The molecule has 0 aliphatic carbocycles. The number of hydrogen-bond acceptors (Lipinski definition) is 3. The standard InChI is InChI=1S/C12H23N3O/c1-10-8-14-7-3-4-11(14)9-15(10)12(16)5-2-6-13/h10-11H,2-9,13H2,1H3. The van der Waals surface area contributed by atoms with Crippen LogP contribution in [-0.2, 0) is 4.79 Å². The highest BCUT2D eigenvalue weighted by Gasteiger charge is 2.35. The zero-order chi connectivity index (χ0) is 11.5. The van der Waals surface area contributed by atoms with Crippen LogP contribution in [0.2, 0.25) is 0 Å². The summed E-state index contributed by atoms with van der Waals surface area (Å²) in [6.07, 6.45) is 3.99. The van der Waals surface area contributed by atoms with E-state index in [1.54, 1.807) is 0 Å². The molecule has 2 fully saturated rings. The van der Waals surface area contributed by atoms with Gasteiger partial charge in [0.25, 0.3) is 0 Å². The van der Waals surface area contributed by atoms with Crippen LogP contribution in [0.25, 0.3) is 0 Å². The summed E-state index contributed by atoms with van der Waals surface area (Å²) >= 11 is 0. The minimum Gasteiger partial charge on any atom is -0.337 e. The molecule has 0 spiro atoms. The minimum absolute atomic E-state index is 0.296. The van der Waals surface area contributed by atoms with Gasteiger partial charge in [0, 0.05) is 31.6 Å². The van der Waals surface area contributed by atoms with E-state index in [-0.39, 0.29) is 0 Å². The fourth-order valence-electron chi connectivity index (χ4n) is 2.93. The largest absolute Gasteiger partial charge is 0.337 e. The Morgan fingerprint density at radius 3 is 3.00 bits per heavy atom. The summed E-state index contributed by atoms with van der Waals surface area (Å²) in [5.41, 5.74) is 5.45. The van der Waals surface area contributed by atoms with Crippen LogP contribution in [0.15, 0.2) is 0 Å². The predicted octanol–water partition coefficient (Wildman–Crippen LogP) is 0.420. The number of carbonyl (C=O) groups is 1. The van der Waals surface area contributed by atoms with Crippen molar-refractivity contribution in [1.29, 1.82) is 0 Å². The Balaban J connectivity index is 1.91. The van der Waals surface area contributed by atoms with E-state index in [0.29, 0.717) is 31.0 Å².